The van der Waals surface area contributed by atoms with Crippen LogP contribution < -0.4 is 0 Å². The molecule has 172 valence electrons. The van der Waals surface area contributed by atoms with E-state index in [1.54, 1.807) is 11.8 Å². The molecular weight excluding hydrogens is 458 g/mol. The lowest BCUT2D eigenvalue weighted by atomic mass is 10.1. The molecule has 0 saturated carbocycles. The summed E-state index contributed by atoms with van der Waals surface area (Å²) in [6.45, 7) is 4.90. The zero-order valence-corrected chi connectivity index (χ0v) is 20.5. The minimum absolute atomic E-state index is 0.621. The van der Waals surface area contributed by atoms with Gasteiger partial charge in [0, 0.05) is 32.1 Å². The van der Waals surface area contributed by atoms with Crippen LogP contribution in [-0.4, -0.2) is 20.8 Å². The van der Waals surface area contributed by atoms with Gasteiger partial charge in [0.2, 0.25) is 0 Å². The minimum Gasteiger partial charge on any atom is -0.309 e. The highest BCUT2D eigenvalue weighted by atomic mass is 32.2. The zero-order valence-electron chi connectivity index (χ0n) is 19.6. The summed E-state index contributed by atoms with van der Waals surface area (Å²) >= 11 is 1.62. The molecule has 36 heavy (non-hydrogen) atoms. The average molecular weight is 482 g/mol. The number of thioether (sulfide) groups is 1. The number of allylic oxidation sites excluding steroid dienone is 3. The van der Waals surface area contributed by atoms with Crippen molar-refractivity contribution in [3.8, 4) is 5.69 Å². The standard InChI is InChI=1S/C32H23N3S/c1-22-12-4-3-11-21-33-32(36-22)35-27-17-9-7-15-24(27)25-19-20-29-30(31(25)35)26-16-8-10-18-28(26)34(29)23-13-5-2-6-14-23/h2-20H,1,21H2/b11-3-,12-4-,33-32?. The van der Waals surface area contributed by atoms with Crippen LogP contribution in [0.2, 0.25) is 0 Å². The summed E-state index contributed by atoms with van der Waals surface area (Å²) in [4.78, 5) is 6.00. The van der Waals surface area contributed by atoms with Crippen LogP contribution >= 0.6 is 11.8 Å². The van der Waals surface area contributed by atoms with E-state index in [2.05, 4.69) is 113 Å². The van der Waals surface area contributed by atoms with Crippen molar-refractivity contribution in [2.24, 2.45) is 4.99 Å². The molecule has 3 heterocycles. The van der Waals surface area contributed by atoms with Gasteiger partial charge in [-0.3, -0.25) is 9.56 Å². The molecule has 7 rings (SSSR count). The van der Waals surface area contributed by atoms with E-state index in [0.29, 0.717) is 6.54 Å². The number of benzene rings is 4. The molecule has 0 bridgehead atoms. The Kier molecular flexibility index (Phi) is 4.93. The summed E-state index contributed by atoms with van der Waals surface area (Å²) in [5.41, 5.74) is 5.88. The monoisotopic (exact) mass is 481 g/mol. The van der Waals surface area contributed by atoms with Crippen LogP contribution in [0, 0.1) is 0 Å². The first kappa shape index (κ1) is 21.0. The van der Waals surface area contributed by atoms with E-state index in [1.807, 2.05) is 18.2 Å². The van der Waals surface area contributed by atoms with E-state index in [-0.39, 0.29) is 0 Å². The molecule has 0 amide bonds. The lowest BCUT2D eigenvalue weighted by molar-refractivity contribution is 1.18. The zero-order chi connectivity index (χ0) is 24.1. The van der Waals surface area contributed by atoms with Crippen molar-refractivity contribution < 1.29 is 0 Å². The Bertz CT molecular complexity index is 1900. The van der Waals surface area contributed by atoms with E-state index >= 15 is 0 Å². The van der Waals surface area contributed by atoms with E-state index in [9.17, 15) is 0 Å². The van der Waals surface area contributed by atoms with Gasteiger partial charge in [-0.2, -0.15) is 0 Å². The van der Waals surface area contributed by atoms with E-state index in [4.69, 9.17) is 4.99 Å². The first-order chi connectivity index (χ1) is 17.8. The predicted molar refractivity (Wildman–Crippen MR) is 156 cm³/mol. The fraction of sp³-hybridized carbons (Fsp3) is 0.0312. The quantitative estimate of drug-likeness (QED) is 0.231. The predicted octanol–water partition coefficient (Wildman–Crippen LogP) is 8.47. The molecule has 0 saturated heterocycles. The van der Waals surface area contributed by atoms with Crippen molar-refractivity contribution in [1.29, 1.82) is 0 Å². The number of nitrogens with zero attached hydrogens (tertiary/aromatic N) is 3. The summed E-state index contributed by atoms with van der Waals surface area (Å²) in [6, 6.07) is 32.5. The topological polar surface area (TPSA) is 22.2 Å². The molecule has 0 unspecified atom stereocenters. The Hall–Kier alpha value is -4.28. The molecule has 4 heteroatoms. The summed E-state index contributed by atoms with van der Waals surface area (Å²) in [5.74, 6) is 0. The van der Waals surface area contributed by atoms with Crippen molar-refractivity contribution in [2.45, 2.75) is 0 Å². The molecular formula is C32H23N3S. The van der Waals surface area contributed by atoms with Gasteiger partial charge < -0.3 is 4.57 Å². The van der Waals surface area contributed by atoms with Gasteiger partial charge >= 0.3 is 0 Å². The number of para-hydroxylation sites is 3. The first-order valence-corrected chi connectivity index (χ1v) is 12.9. The molecule has 6 aromatic rings. The van der Waals surface area contributed by atoms with Crippen LogP contribution in [0.5, 0.6) is 0 Å². The van der Waals surface area contributed by atoms with Crippen LogP contribution in [0.1, 0.15) is 0 Å². The van der Waals surface area contributed by atoms with Gasteiger partial charge in [-0.25, -0.2) is 0 Å². The van der Waals surface area contributed by atoms with Crippen LogP contribution in [0.15, 0.2) is 132 Å². The second kappa shape index (κ2) is 8.43. The van der Waals surface area contributed by atoms with Crippen molar-refractivity contribution in [1.82, 2.24) is 9.13 Å². The Labute approximate surface area is 213 Å². The van der Waals surface area contributed by atoms with E-state index in [1.165, 1.54) is 38.1 Å². The average Bonchev–Trinajstić information content (AvgIpc) is 3.46. The van der Waals surface area contributed by atoms with Gasteiger partial charge in [0.1, 0.15) is 0 Å². The molecule has 1 aliphatic rings. The van der Waals surface area contributed by atoms with Gasteiger partial charge in [0.25, 0.3) is 0 Å². The number of aromatic nitrogens is 2. The molecule has 0 fully saturated rings. The molecule has 4 aromatic carbocycles. The number of hydrogen-bond acceptors (Lipinski definition) is 2. The summed E-state index contributed by atoms with van der Waals surface area (Å²) in [6.07, 6.45) is 8.20. The highest BCUT2D eigenvalue weighted by molar-refractivity contribution is 8.17. The second-order valence-corrected chi connectivity index (χ2v) is 9.97. The van der Waals surface area contributed by atoms with Crippen molar-refractivity contribution >= 4 is 60.5 Å². The second-order valence-electron chi connectivity index (χ2n) is 8.88. The molecule has 3 nitrogen and oxygen atoms in total. The maximum Gasteiger partial charge on any atom is 0.173 e. The van der Waals surface area contributed by atoms with Crippen LogP contribution in [0.25, 0.3) is 49.3 Å². The summed E-state index contributed by atoms with van der Waals surface area (Å²) in [7, 11) is 0. The fourth-order valence-electron chi connectivity index (χ4n) is 5.30. The van der Waals surface area contributed by atoms with E-state index < -0.39 is 0 Å². The molecule has 0 radical (unpaired) electrons. The van der Waals surface area contributed by atoms with Gasteiger partial charge in [0.15, 0.2) is 5.17 Å². The van der Waals surface area contributed by atoms with Crippen molar-refractivity contribution in [2.75, 3.05) is 6.54 Å². The summed E-state index contributed by atoms with van der Waals surface area (Å²) < 4.78 is 4.71. The third-order valence-corrected chi connectivity index (χ3v) is 7.65. The van der Waals surface area contributed by atoms with Crippen LogP contribution in [-0.2, 0) is 0 Å². The molecule has 2 aromatic heterocycles. The largest absolute Gasteiger partial charge is 0.309 e. The molecule has 0 spiro atoms. The van der Waals surface area contributed by atoms with Crippen molar-refractivity contribution in [3.05, 3.63) is 127 Å². The number of fused-ring (bicyclic) bond motifs is 7. The number of aliphatic imine (C=N–C) groups is 1. The highest BCUT2D eigenvalue weighted by Crippen LogP contribution is 2.41. The Morgan fingerprint density at radius 3 is 2.22 bits per heavy atom. The molecule has 0 aliphatic carbocycles. The lowest BCUT2D eigenvalue weighted by Gasteiger charge is -2.12. The van der Waals surface area contributed by atoms with Gasteiger partial charge in [-0.1, -0.05) is 97.2 Å². The normalized spacial score (nSPS) is 16.2. The van der Waals surface area contributed by atoms with Gasteiger partial charge in [-0.05, 0) is 36.4 Å². The summed E-state index contributed by atoms with van der Waals surface area (Å²) in [5, 5.41) is 5.87. The van der Waals surface area contributed by atoms with Crippen LogP contribution in [0.4, 0.5) is 0 Å². The van der Waals surface area contributed by atoms with Crippen LogP contribution in [0.3, 0.4) is 0 Å². The fourth-order valence-corrected chi connectivity index (χ4v) is 6.10. The third-order valence-electron chi connectivity index (χ3n) is 6.76. The third kappa shape index (κ3) is 3.19. The van der Waals surface area contributed by atoms with Gasteiger partial charge in [-0.15, -0.1) is 0 Å². The maximum atomic E-state index is 5.04. The Morgan fingerprint density at radius 1 is 0.667 bits per heavy atom. The highest BCUT2D eigenvalue weighted by Gasteiger charge is 2.22. The Balaban J connectivity index is 1.68. The molecule has 1 aliphatic heterocycles. The first-order valence-electron chi connectivity index (χ1n) is 12.1. The molecule has 0 N–H and O–H groups in total. The van der Waals surface area contributed by atoms with Crippen molar-refractivity contribution in [3.63, 3.8) is 0 Å². The lowest BCUT2D eigenvalue weighted by Crippen LogP contribution is -2.08. The maximum absolute atomic E-state index is 5.04. The minimum atomic E-state index is 0.621. The Morgan fingerprint density at radius 2 is 1.39 bits per heavy atom. The molecule has 0 atom stereocenters. The van der Waals surface area contributed by atoms with E-state index in [0.717, 1.165) is 21.3 Å². The number of hydrogen-bond donors (Lipinski definition) is 0. The smallest absolute Gasteiger partial charge is 0.173 e. The SMILES string of the molecule is C=C1/C=C\C=C/CN=C(n2c3ccccc3c3ccc4c(c5ccccc5n4-c4ccccc4)c32)S1. The van der Waals surface area contributed by atoms with Gasteiger partial charge in [0.05, 0.1) is 28.6 Å². The number of rotatable bonds is 1.